The van der Waals surface area contributed by atoms with Crippen LogP contribution in [0.5, 0.6) is 0 Å². The number of benzene rings is 8. The van der Waals surface area contributed by atoms with Crippen LogP contribution in [-0.2, 0) is 0 Å². The Morgan fingerprint density at radius 2 is 0.981 bits per heavy atom. The highest BCUT2D eigenvalue weighted by atomic mass is 16.3. The molecule has 0 aliphatic rings. The molecule has 240 valence electrons. The molecule has 8 aromatic carbocycles. The highest BCUT2D eigenvalue weighted by molar-refractivity contribution is 6.26. The van der Waals surface area contributed by atoms with E-state index in [-0.39, 0.29) is 0 Å². The standard InChI is InChI=1S/C49H28N2O/c1-2-11-29(12-3-1)47-38-23-22-36-39-26-32(21-24-45(39)52-49(36)46(38)37-17-4-7-18-42(37)50-47)30-13-10-14-31(25-30)33-27-40-34-15-5-8-19-43(34)51-44-20-9-6-16-35(44)41(28-33)48(40)51/h1-28H. The normalized spacial score (nSPS) is 12.2. The molecule has 0 aliphatic carbocycles. The Kier molecular flexibility index (Phi) is 5.50. The van der Waals surface area contributed by atoms with Gasteiger partial charge in [0.1, 0.15) is 11.2 Å². The average Bonchev–Trinajstić information content (AvgIpc) is 3.87. The van der Waals surface area contributed by atoms with Crippen molar-refractivity contribution in [1.29, 1.82) is 0 Å². The molecule has 0 saturated carbocycles. The van der Waals surface area contributed by atoms with Gasteiger partial charge in [-0.2, -0.15) is 0 Å². The van der Waals surface area contributed by atoms with Crippen LogP contribution in [0.1, 0.15) is 0 Å². The molecule has 0 unspecified atom stereocenters. The van der Waals surface area contributed by atoms with E-state index < -0.39 is 0 Å². The number of hydrogen-bond donors (Lipinski definition) is 0. The quantitative estimate of drug-likeness (QED) is 0.177. The molecule has 0 radical (unpaired) electrons. The lowest BCUT2D eigenvalue weighted by Gasteiger charge is -2.10. The van der Waals surface area contributed by atoms with Crippen LogP contribution in [-0.4, -0.2) is 9.38 Å². The Labute approximate surface area is 297 Å². The molecule has 12 aromatic rings. The first-order chi connectivity index (χ1) is 25.8. The van der Waals surface area contributed by atoms with E-state index in [4.69, 9.17) is 9.40 Å². The van der Waals surface area contributed by atoms with Crippen LogP contribution >= 0.6 is 0 Å². The smallest absolute Gasteiger partial charge is 0.144 e. The molecule has 0 aliphatic heterocycles. The summed E-state index contributed by atoms with van der Waals surface area (Å²) in [6, 6.07) is 61.1. The summed E-state index contributed by atoms with van der Waals surface area (Å²) in [4.78, 5) is 5.13. The SMILES string of the molecule is c1ccc(-c2nc3ccccc3c3c2ccc2c4cc(-c5cccc(-c6cc7c8ccccc8n8c9ccccc9c(c6)c78)c5)ccc4oc23)cc1. The van der Waals surface area contributed by atoms with E-state index in [2.05, 4.69) is 168 Å². The van der Waals surface area contributed by atoms with Gasteiger partial charge in [0.15, 0.2) is 0 Å². The fourth-order valence-electron chi connectivity index (χ4n) is 8.76. The van der Waals surface area contributed by atoms with Gasteiger partial charge in [0.25, 0.3) is 0 Å². The van der Waals surface area contributed by atoms with E-state index >= 15 is 0 Å². The number of fused-ring (bicyclic) bond motifs is 13. The summed E-state index contributed by atoms with van der Waals surface area (Å²) in [5.41, 5.74) is 13.4. The predicted molar refractivity (Wildman–Crippen MR) is 217 cm³/mol. The molecule has 12 rings (SSSR count). The number of nitrogens with zero attached hydrogens (tertiary/aromatic N) is 2. The molecule has 3 nitrogen and oxygen atoms in total. The summed E-state index contributed by atoms with van der Waals surface area (Å²) >= 11 is 0. The molecule has 0 saturated heterocycles. The summed E-state index contributed by atoms with van der Waals surface area (Å²) in [5, 5.41) is 10.7. The zero-order chi connectivity index (χ0) is 33.9. The minimum absolute atomic E-state index is 0.882. The Balaban J connectivity index is 1.05. The van der Waals surface area contributed by atoms with Crippen molar-refractivity contribution < 1.29 is 4.42 Å². The van der Waals surface area contributed by atoms with Gasteiger partial charge in [-0.15, -0.1) is 0 Å². The van der Waals surface area contributed by atoms with Gasteiger partial charge < -0.3 is 8.82 Å². The van der Waals surface area contributed by atoms with Crippen molar-refractivity contribution in [1.82, 2.24) is 9.38 Å². The summed E-state index contributed by atoms with van der Waals surface area (Å²) in [6.07, 6.45) is 0. The van der Waals surface area contributed by atoms with E-state index in [0.29, 0.717) is 0 Å². The van der Waals surface area contributed by atoms with Crippen LogP contribution in [0.4, 0.5) is 0 Å². The van der Waals surface area contributed by atoms with Gasteiger partial charge >= 0.3 is 0 Å². The second-order valence-electron chi connectivity index (χ2n) is 13.9. The number of rotatable bonds is 3. The first-order valence-corrected chi connectivity index (χ1v) is 17.8. The predicted octanol–water partition coefficient (Wildman–Crippen LogP) is 13.4. The van der Waals surface area contributed by atoms with Crippen molar-refractivity contribution in [3.63, 3.8) is 0 Å². The largest absolute Gasteiger partial charge is 0.455 e. The summed E-state index contributed by atoms with van der Waals surface area (Å²) in [7, 11) is 0. The zero-order valence-corrected chi connectivity index (χ0v) is 28.0. The maximum absolute atomic E-state index is 6.75. The van der Waals surface area contributed by atoms with Gasteiger partial charge in [-0.1, -0.05) is 115 Å². The second kappa shape index (κ2) is 10.3. The van der Waals surface area contributed by atoms with Crippen molar-refractivity contribution >= 4 is 81.7 Å². The van der Waals surface area contributed by atoms with Crippen molar-refractivity contribution in [2.24, 2.45) is 0 Å². The summed E-state index contributed by atoms with van der Waals surface area (Å²) in [6.45, 7) is 0. The first kappa shape index (κ1) is 27.8. The highest BCUT2D eigenvalue weighted by Gasteiger charge is 2.20. The average molecular weight is 661 g/mol. The Bertz CT molecular complexity index is 3320. The van der Waals surface area contributed by atoms with Crippen LogP contribution in [0.3, 0.4) is 0 Å². The van der Waals surface area contributed by atoms with E-state index in [1.807, 2.05) is 6.07 Å². The van der Waals surface area contributed by atoms with Gasteiger partial charge in [-0.3, -0.25) is 0 Å². The molecule has 0 fully saturated rings. The molecular weight excluding hydrogens is 633 g/mol. The zero-order valence-electron chi connectivity index (χ0n) is 28.0. The van der Waals surface area contributed by atoms with Crippen LogP contribution in [0, 0.1) is 0 Å². The van der Waals surface area contributed by atoms with Crippen molar-refractivity contribution in [2.75, 3.05) is 0 Å². The van der Waals surface area contributed by atoms with Crippen LogP contribution in [0.15, 0.2) is 174 Å². The van der Waals surface area contributed by atoms with E-state index in [1.165, 1.54) is 54.8 Å². The molecule has 4 heterocycles. The highest BCUT2D eigenvalue weighted by Crippen LogP contribution is 2.44. The monoisotopic (exact) mass is 660 g/mol. The molecule has 0 N–H and O–H groups in total. The van der Waals surface area contributed by atoms with Gasteiger partial charge in [0, 0.05) is 54.0 Å². The van der Waals surface area contributed by atoms with Crippen molar-refractivity contribution in [3.8, 4) is 33.5 Å². The van der Waals surface area contributed by atoms with E-state index in [9.17, 15) is 0 Å². The van der Waals surface area contributed by atoms with E-state index in [0.717, 1.165) is 60.4 Å². The summed E-state index contributed by atoms with van der Waals surface area (Å²) < 4.78 is 9.18. The maximum Gasteiger partial charge on any atom is 0.144 e. The topological polar surface area (TPSA) is 30.4 Å². The lowest BCUT2D eigenvalue weighted by atomic mass is 9.95. The van der Waals surface area contributed by atoms with Gasteiger partial charge in [0.2, 0.25) is 0 Å². The van der Waals surface area contributed by atoms with E-state index in [1.54, 1.807) is 0 Å². The molecule has 3 heteroatoms. The lowest BCUT2D eigenvalue weighted by molar-refractivity contribution is 0.673. The van der Waals surface area contributed by atoms with Crippen molar-refractivity contribution in [2.45, 2.75) is 0 Å². The third-order valence-electron chi connectivity index (χ3n) is 11.1. The minimum atomic E-state index is 0.882. The first-order valence-electron chi connectivity index (χ1n) is 17.8. The minimum Gasteiger partial charge on any atom is -0.455 e. The third-order valence-corrected chi connectivity index (χ3v) is 11.1. The van der Waals surface area contributed by atoms with Crippen molar-refractivity contribution in [3.05, 3.63) is 170 Å². The summed E-state index contributed by atoms with van der Waals surface area (Å²) in [5.74, 6) is 0. The Morgan fingerprint density at radius 3 is 1.75 bits per heavy atom. The number of furan rings is 1. The molecule has 4 aromatic heterocycles. The Hall–Kier alpha value is -6.97. The maximum atomic E-state index is 6.75. The fourth-order valence-corrected chi connectivity index (χ4v) is 8.76. The molecule has 0 amide bonds. The Morgan fingerprint density at radius 1 is 0.385 bits per heavy atom. The van der Waals surface area contributed by atoms with Gasteiger partial charge in [0.05, 0.1) is 27.8 Å². The second-order valence-corrected chi connectivity index (χ2v) is 13.9. The molecule has 52 heavy (non-hydrogen) atoms. The molecule has 0 atom stereocenters. The number of hydrogen-bond acceptors (Lipinski definition) is 2. The van der Waals surface area contributed by atoms with Crippen LogP contribution in [0.2, 0.25) is 0 Å². The lowest BCUT2D eigenvalue weighted by Crippen LogP contribution is -1.89. The fraction of sp³-hybridized carbons (Fsp3) is 0. The number of para-hydroxylation sites is 3. The van der Waals surface area contributed by atoms with Gasteiger partial charge in [-0.25, -0.2) is 4.98 Å². The van der Waals surface area contributed by atoms with Crippen LogP contribution in [0.25, 0.3) is 115 Å². The van der Waals surface area contributed by atoms with Crippen LogP contribution < -0.4 is 0 Å². The third kappa shape index (κ3) is 3.77. The molecule has 0 bridgehead atoms. The molecular formula is C49H28N2O. The number of aromatic nitrogens is 2. The molecule has 0 spiro atoms. The number of pyridine rings is 1. The van der Waals surface area contributed by atoms with Gasteiger partial charge in [-0.05, 0) is 76.9 Å².